The molecule has 2 nitrogen and oxygen atoms in total. The fourth-order valence-corrected chi connectivity index (χ4v) is 2.55. The molecule has 0 amide bonds. The number of fused-ring (bicyclic) bond motifs is 1. The zero-order chi connectivity index (χ0) is 10.3. The number of halogens is 1. The largest absolute Gasteiger partial charge is 0.347 e. The summed E-state index contributed by atoms with van der Waals surface area (Å²) >= 11 is 3.56. The molecule has 1 aromatic heterocycles. The molecule has 0 aliphatic heterocycles. The Bertz CT molecular complexity index is 485. The van der Waals surface area contributed by atoms with Crippen molar-refractivity contribution >= 4 is 26.8 Å². The number of hydrogen-bond acceptors (Lipinski definition) is 1. The highest BCUT2D eigenvalue weighted by molar-refractivity contribution is 9.10. The van der Waals surface area contributed by atoms with Crippen molar-refractivity contribution < 1.29 is 0 Å². The Labute approximate surface area is 91.8 Å². The summed E-state index contributed by atoms with van der Waals surface area (Å²) in [7, 11) is 2.07. The van der Waals surface area contributed by atoms with Gasteiger partial charge in [0.1, 0.15) is 0 Å². The summed E-state index contributed by atoms with van der Waals surface area (Å²) in [5.74, 6) is 0. The quantitative estimate of drug-likeness (QED) is 0.832. The van der Waals surface area contributed by atoms with Crippen molar-refractivity contribution in [2.75, 3.05) is 0 Å². The first-order valence-electron chi connectivity index (χ1n) is 4.59. The number of benzene rings is 1. The lowest BCUT2D eigenvalue weighted by Crippen LogP contribution is -1.98. The monoisotopic (exact) mass is 252 g/mol. The van der Waals surface area contributed by atoms with E-state index in [1.807, 2.05) is 6.07 Å². The Morgan fingerprint density at radius 3 is 2.79 bits per heavy atom. The van der Waals surface area contributed by atoms with Crippen molar-refractivity contribution in [1.82, 2.24) is 4.57 Å². The van der Waals surface area contributed by atoms with Gasteiger partial charge in [0, 0.05) is 29.1 Å². The molecule has 74 valence electrons. The van der Waals surface area contributed by atoms with Gasteiger partial charge in [0.25, 0.3) is 0 Å². The van der Waals surface area contributed by atoms with Gasteiger partial charge >= 0.3 is 0 Å². The van der Waals surface area contributed by atoms with Gasteiger partial charge in [-0.05, 0) is 34.5 Å². The highest BCUT2D eigenvalue weighted by atomic mass is 79.9. The molecule has 0 atom stereocenters. The summed E-state index contributed by atoms with van der Waals surface area (Å²) in [5, 5.41) is 1.25. The molecule has 2 aromatic rings. The van der Waals surface area contributed by atoms with E-state index in [9.17, 15) is 0 Å². The Hall–Kier alpha value is -0.800. The number of nitrogens with zero attached hydrogens (tertiary/aromatic N) is 1. The maximum absolute atomic E-state index is 5.75. The van der Waals surface area contributed by atoms with Gasteiger partial charge in [-0.15, -0.1) is 0 Å². The highest BCUT2D eigenvalue weighted by Gasteiger charge is 2.11. The molecule has 1 aromatic carbocycles. The minimum atomic E-state index is 0.597. The molecule has 2 rings (SSSR count). The minimum Gasteiger partial charge on any atom is -0.347 e. The van der Waals surface area contributed by atoms with Gasteiger partial charge < -0.3 is 10.3 Å². The summed E-state index contributed by atoms with van der Waals surface area (Å²) < 4.78 is 3.31. The van der Waals surface area contributed by atoms with Crippen LogP contribution in [0.5, 0.6) is 0 Å². The Morgan fingerprint density at radius 2 is 2.14 bits per heavy atom. The van der Waals surface area contributed by atoms with Gasteiger partial charge in [-0.2, -0.15) is 0 Å². The van der Waals surface area contributed by atoms with E-state index in [-0.39, 0.29) is 0 Å². The SMILES string of the molecule is Cc1c(CN)c2cccc(Br)c2n1C. The molecule has 2 N–H and O–H groups in total. The number of nitrogens with two attached hydrogens (primary N) is 1. The average molecular weight is 253 g/mol. The average Bonchev–Trinajstić information content (AvgIpc) is 2.41. The number of aryl methyl sites for hydroxylation is 1. The van der Waals surface area contributed by atoms with Gasteiger partial charge in [-0.1, -0.05) is 12.1 Å². The maximum Gasteiger partial charge on any atom is 0.0627 e. The van der Waals surface area contributed by atoms with Crippen molar-refractivity contribution in [1.29, 1.82) is 0 Å². The molecule has 0 spiro atoms. The molecule has 14 heavy (non-hydrogen) atoms. The number of para-hydroxylation sites is 1. The van der Waals surface area contributed by atoms with Crippen LogP contribution in [-0.4, -0.2) is 4.57 Å². The van der Waals surface area contributed by atoms with Crippen molar-refractivity contribution in [2.45, 2.75) is 13.5 Å². The summed E-state index contributed by atoms with van der Waals surface area (Å²) in [6, 6.07) is 6.22. The normalized spacial score (nSPS) is 11.1. The molecule has 0 unspecified atom stereocenters. The van der Waals surface area contributed by atoms with E-state index >= 15 is 0 Å². The molecule has 0 bridgehead atoms. The van der Waals surface area contributed by atoms with E-state index in [1.54, 1.807) is 0 Å². The zero-order valence-corrected chi connectivity index (χ0v) is 9.93. The minimum absolute atomic E-state index is 0.597. The van der Waals surface area contributed by atoms with Crippen molar-refractivity contribution in [3.8, 4) is 0 Å². The second kappa shape index (κ2) is 3.41. The van der Waals surface area contributed by atoms with Gasteiger partial charge in [-0.3, -0.25) is 0 Å². The fourth-order valence-electron chi connectivity index (χ4n) is 1.92. The van der Waals surface area contributed by atoms with Crippen molar-refractivity contribution in [2.24, 2.45) is 12.8 Å². The van der Waals surface area contributed by atoms with Crippen LogP contribution >= 0.6 is 15.9 Å². The summed E-state index contributed by atoms with van der Waals surface area (Å²) in [5.41, 5.74) is 9.46. The first-order chi connectivity index (χ1) is 6.66. The lowest BCUT2D eigenvalue weighted by Gasteiger charge is -2.00. The molecule has 3 heteroatoms. The van der Waals surface area contributed by atoms with Crippen LogP contribution in [0.3, 0.4) is 0 Å². The van der Waals surface area contributed by atoms with Crippen LogP contribution in [0.1, 0.15) is 11.3 Å². The van der Waals surface area contributed by atoms with Crippen LogP contribution in [0.2, 0.25) is 0 Å². The van der Waals surface area contributed by atoms with Crippen LogP contribution in [0, 0.1) is 6.92 Å². The van der Waals surface area contributed by atoms with E-state index in [0.29, 0.717) is 6.54 Å². The molecule has 0 fully saturated rings. The third-order valence-electron chi connectivity index (χ3n) is 2.79. The molecular weight excluding hydrogens is 240 g/mol. The molecule has 0 saturated heterocycles. The smallest absolute Gasteiger partial charge is 0.0627 e. The topological polar surface area (TPSA) is 30.9 Å². The van der Waals surface area contributed by atoms with Gasteiger partial charge in [0.15, 0.2) is 0 Å². The number of hydrogen-bond donors (Lipinski definition) is 1. The molecule has 0 saturated carbocycles. The summed E-state index contributed by atoms with van der Waals surface area (Å²) in [6.07, 6.45) is 0. The van der Waals surface area contributed by atoms with Crippen LogP contribution < -0.4 is 5.73 Å². The molecular formula is C11H13BrN2. The number of rotatable bonds is 1. The fraction of sp³-hybridized carbons (Fsp3) is 0.273. The number of aromatic nitrogens is 1. The van der Waals surface area contributed by atoms with E-state index < -0.39 is 0 Å². The third-order valence-corrected chi connectivity index (χ3v) is 3.43. The summed E-state index contributed by atoms with van der Waals surface area (Å²) in [4.78, 5) is 0. The van der Waals surface area contributed by atoms with E-state index in [4.69, 9.17) is 5.73 Å². The lowest BCUT2D eigenvalue weighted by molar-refractivity contribution is 0.893. The first-order valence-corrected chi connectivity index (χ1v) is 5.38. The van der Waals surface area contributed by atoms with Crippen molar-refractivity contribution in [3.05, 3.63) is 33.9 Å². The molecule has 0 aliphatic carbocycles. The van der Waals surface area contributed by atoms with Crippen LogP contribution in [-0.2, 0) is 13.6 Å². The zero-order valence-electron chi connectivity index (χ0n) is 8.34. The Balaban J connectivity index is 2.95. The Kier molecular flexibility index (Phi) is 2.37. The van der Waals surface area contributed by atoms with Gasteiger partial charge in [0.05, 0.1) is 5.52 Å². The van der Waals surface area contributed by atoms with E-state index in [1.165, 1.54) is 22.2 Å². The predicted octanol–water partition coefficient (Wildman–Crippen LogP) is 2.71. The predicted molar refractivity (Wildman–Crippen MR) is 63.2 cm³/mol. The third kappa shape index (κ3) is 1.20. The standard InChI is InChI=1S/C11H13BrN2/c1-7-9(6-13)8-4-3-5-10(12)11(8)14(7)2/h3-5H,6,13H2,1-2H3. The second-order valence-electron chi connectivity index (χ2n) is 3.46. The van der Waals surface area contributed by atoms with Crippen LogP contribution in [0.15, 0.2) is 22.7 Å². The molecule has 1 heterocycles. The van der Waals surface area contributed by atoms with Crippen molar-refractivity contribution in [3.63, 3.8) is 0 Å². The molecule has 0 radical (unpaired) electrons. The maximum atomic E-state index is 5.75. The summed E-state index contributed by atoms with van der Waals surface area (Å²) in [6.45, 7) is 2.70. The van der Waals surface area contributed by atoms with Gasteiger partial charge in [0.2, 0.25) is 0 Å². The second-order valence-corrected chi connectivity index (χ2v) is 4.32. The van der Waals surface area contributed by atoms with Gasteiger partial charge in [-0.25, -0.2) is 0 Å². The van der Waals surface area contributed by atoms with E-state index in [2.05, 4.69) is 46.6 Å². The molecule has 0 aliphatic rings. The van der Waals surface area contributed by atoms with E-state index in [0.717, 1.165) is 4.47 Å². The van der Waals surface area contributed by atoms with Crippen LogP contribution in [0.25, 0.3) is 10.9 Å². The van der Waals surface area contributed by atoms with Crippen LogP contribution in [0.4, 0.5) is 0 Å². The Morgan fingerprint density at radius 1 is 1.43 bits per heavy atom. The first kappa shape index (κ1) is 9.74. The lowest BCUT2D eigenvalue weighted by atomic mass is 10.1. The highest BCUT2D eigenvalue weighted by Crippen LogP contribution is 2.30.